The molecule has 0 saturated carbocycles. The Labute approximate surface area is 509 Å². The van der Waals surface area contributed by atoms with Crippen molar-refractivity contribution in [2.24, 2.45) is 0 Å². The molecule has 0 spiro atoms. The Balaban J connectivity index is 4.16. The molecule has 0 amide bonds. The minimum absolute atomic E-state index is 0.0690. The highest BCUT2D eigenvalue weighted by Crippen LogP contribution is 2.18. The monoisotopic (exact) mass is 1140 g/mol. The van der Waals surface area contributed by atoms with Gasteiger partial charge in [0.25, 0.3) is 0 Å². The van der Waals surface area contributed by atoms with E-state index >= 15 is 0 Å². The maximum Gasteiger partial charge on any atom is 0.306 e. The quantitative estimate of drug-likeness (QED) is 0.0261. The number of rotatable bonds is 65. The fraction of sp³-hybridized carbons (Fsp3) is 0.776. The lowest BCUT2D eigenvalue weighted by molar-refractivity contribution is -0.167. The zero-order valence-electron chi connectivity index (χ0n) is 54.5. The largest absolute Gasteiger partial charge is 0.462 e. The van der Waals surface area contributed by atoms with E-state index < -0.39 is 6.10 Å². The molecule has 6 nitrogen and oxygen atoms in total. The van der Waals surface area contributed by atoms with Gasteiger partial charge in [-0.2, -0.15) is 0 Å². The minimum atomic E-state index is -0.772. The Morgan fingerprint density at radius 1 is 0.256 bits per heavy atom. The predicted molar refractivity (Wildman–Crippen MR) is 358 cm³/mol. The lowest BCUT2D eigenvalue weighted by atomic mass is 10.0. The van der Waals surface area contributed by atoms with E-state index in [4.69, 9.17) is 14.2 Å². The summed E-state index contributed by atoms with van der Waals surface area (Å²) in [4.78, 5) is 38.4. The van der Waals surface area contributed by atoms with Gasteiger partial charge in [0.15, 0.2) is 6.10 Å². The summed E-state index contributed by atoms with van der Waals surface area (Å²) in [5, 5.41) is 0. The van der Waals surface area contributed by atoms with Gasteiger partial charge in [-0.25, -0.2) is 0 Å². The summed E-state index contributed by atoms with van der Waals surface area (Å²) >= 11 is 0. The second kappa shape index (κ2) is 70.1. The van der Waals surface area contributed by atoms with E-state index in [1.54, 1.807) is 0 Å². The van der Waals surface area contributed by atoms with Gasteiger partial charge in [0.2, 0.25) is 0 Å². The summed E-state index contributed by atoms with van der Waals surface area (Å²) in [7, 11) is 0. The molecule has 0 N–H and O–H groups in total. The van der Waals surface area contributed by atoms with Crippen LogP contribution in [0.2, 0.25) is 0 Å². The Morgan fingerprint density at radius 2 is 0.476 bits per heavy atom. The minimum Gasteiger partial charge on any atom is -0.462 e. The molecule has 1 atom stereocenters. The van der Waals surface area contributed by atoms with Gasteiger partial charge in [0.1, 0.15) is 13.2 Å². The van der Waals surface area contributed by atoms with Crippen molar-refractivity contribution in [3.63, 3.8) is 0 Å². The van der Waals surface area contributed by atoms with E-state index in [-0.39, 0.29) is 31.1 Å². The molecule has 0 aliphatic carbocycles. The third kappa shape index (κ3) is 67.4. The van der Waals surface area contributed by atoms with Crippen LogP contribution in [0.25, 0.3) is 0 Å². The summed E-state index contributed by atoms with van der Waals surface area (Å²) in [5.74, 6) is -0.847. The summed E-state index contributed by atoms with van der Waals surface area (Å²) in [5.41, 5.74) is 0. The Morgan fingerprint density at radius 3 is 0.744 bits per heavy atom. The van der Waals surface area contributed by atoms with Crippen LogP contribution < -0.4 is 0 Å². The molecule has 474 valence electrons. The molecule has 0 aromatic carbocycles. The van der Waals surface area contributed by atoms with Crippen LogP contribution in [-0.2, 0) is 28.6 Å². The molecule has 0 aliphatic heterocycles. The number of ether oxygens (including phenoxy) is 3. The van der Waals surface area contributed by atoms with Crippen LogP contribution in [0.3, 0.4) is 0 Å². The molecule has 0 aromatic rings. The maximum atomic E-state index is 12.9. The van der Waals surface area contributed by atoms with Gasteiger partial charge in [-0.15, -0.1) is 0 Å². The predicted octanol–water partition coefficient (Wildman–Crippen LogP) is 24.6. The van der Waals surface area contributed by atoms with Gasteiger partial charge in [-0.05, 0) is 77.0 Å². The summed E-state index contributed by atoms with van der Waals surface area (Å²) in [6.07, 6.45) is 93.3. The van der Waals surface area contributed by atoms with Gasteiger partial charge in [0, 0.05) is 19.3 Å². The number of allylic oxidation sites excluding steroid dienone is 14. The molecule has 1 unspecified atom stereocenters. The van der Waals surface area contributed by atoms with Crippen molar-refractivity contribution in [2.45, 2.75) is 367 Å². The number of carbonyl (C=O) groups is 3. The number of hydrogen-bond acceptors (Lipinski definition) is 6. The molecular weight excluding hydrogens is 1010 g/mol. The van der Waals surface area contributed by atoms with Crippen molar-refractivity contribution in [1.29, 1.82) is 0 Å². The molecule has 0 saturated heterocycles. The van der Waals surface area contributed by atoms with E-state index in [2.05, 4.69) is 106 Å². The SMILES string of the molecule is CC/C=C\C/C=C\C/C=C\C/C=C\C/C=C\C/C=C\C/C=C\CCCCCCCCCCCCCCCC(=O)OCC(COC(=O)CCCCCCCCCCCCCCCC)OC(=O)CCCCCCCCCCCCCCCCC. The van der Waals surface area contributed by atoms with Gasteiger partial charge < -0.3 is 14.2 Å². The molecule has 0 aliphatic rings. The van der Waals surface area contributed by atoms with Crippen molar-refractivity contribution in [3.8, 4) is 0 Å². The van der Waals surface area contributed by atoms with Crippen LogP contribution in [0.5, 0.6) is 0 Å². The van der Waals surface area contributed by atoms with Crippen molar-refractivity contribution in [1.82, 2.24) is 0 Å². The fourth-order valence-electron chi connectivity index (χ4n) is 10.4. The highest BCUT2D eigenvalue weighted by Gasteiger charge is 2.19. The topological polar surface area (TPSA) is 78.9 Å². The molecule has 82 heavy (non-hydrogen) atoms. The van der Waals surface area contributed by atoms with Crippen molar-refractivity contribution in [2.75, 3.05) is 13.2 Å². The normalized spacial score (nSPS) is 12.6. The Kier molecular flexibility index (Phi) is 67.2. The molecule has 0 aromatic heterocycles. The molecule has 0 bridgehead atoms. The first-order valence-electron chi connectivity index (χ1n) is 35.6. The van der Waals surface area contributed by atoms with Crippen LogP contribution in [0, 0.1) is 0 Å². The smallest absolute Gasteiger partial charge is 0.306 e. The Hall–Kier alpha value is -3.41. The number of carbonyl (C=O) groups excluding carboxylic acids is 3. The lowest BCUT2D eigenvalue weighted by Gasteiger charge is -2.18. The Bertz CT molecular complexity index is 1550. The van der Waals surface area contributed by atoms with Gasteiger partial charge in [-0.3, -0.25) is 14.4 Å². The number of esters is 3. The maximum absolute atomic E-state index is 12.9. The number of hydrogen-bond donors (Lipinski definition) is 0. The first-order chi connectivity index (χ1) is 40.5. The van der Waals surface area contributed by atoms with Gasteiger partial charge in [0.05, 0.1) is 0 Å². The average Bonchev–Trinajstić information content (AvgIpc) is 3.48. The van der Waals surface area contributed by atoms with E-state index in [0.717, 1.165) is 103 Å². The van der Waals surface area contributed by atoms with Crippen LogP contribution in [0.1, 0.15) is 361 Å². The van der Waals surface area contributed by atoms with E-state index in [1.807, 2.05) is 0 Å². The highest BCUT2D eigenvalue weighted by molar-refractivity contribution is 5.71. The first kappa shape index (κ1) is 78.6. The van der Waals surface area contributed by atoms with Gasteiger partial charge >= 0.3 is 17.9 Å². The zero-order chi connectivity index (χ0) is 59.2. The second-order valence-corrected chi connectivity index (χ2v) is 23.8. The van der Waals surface area contributed by atoms with Crippen molar-refractivity contribution in [3.05, 3.63) is 85.1 Å². The van der Waals surface area contributed by atoms with Crippen LogP contribution in [0.15, 0.2) is 85.1 Å². The fourth-order valence-corrected chi connectivity index (χ4v) is 10.4. The third-order valence-corrected chi connectivity index (χ3v) is 15.7. The summed E-state index contributed by atoms with van der Waals surface area (Å²) in [6, 6.07) is 0. The molecule has 0 heterocycles. The van der Waals surface area contributed by atoms with Crippen LogP contribution in [-0.4, -0.2) is 37.2 Å². The molecular formula is C76H134O6. The van der Waals surface area contributed by atoms with Crippen LogP contribution in [0.4, 0.5) is 0 Å². The van der Waals surface area contributed by atoms with E-state index in [1.165, 1.54) is 218 Å². The third-order valence-electron chi connectivity index (χ3n) is 15.7. The summed E-state index contributed by atoms with van der Waals surface area (Å²) in [6.45, 7) is 6.58. The van der Waals surface area contributed by atoms with Gasteiger partial charge in [-0.1, -0.05) is 350 Å². The standard InChI is InChI=1S/C76H134O6/c1-4-7-10-13-16-19-22-25-28-29-30-31-32-33-34-35-36-37-38-39-40-41-42-43-44-45-46-47-49-51-54-57-60-63-66-69-75(78)81-72-73(71-80-74(77)68-65-62-59-56-53-50-27-24-21-18-15-12-9-6-3)82-76(79)70-67-64-61-58-55-52-48-26-23-20-17-14-11-8-5-2/h7,10,16,19,25,28,30-31,33-34,36-37,39-40,73H,4-6,8-9,11-15,17-18,20-24,26-27,29,32,35,38,41-72H2,1-3H3/b10-7-,19-16-,28-25-,31-30-,34-33-,37-36-,40-39-. The number of unbranched alkanes of at least 4 members (excludes halogenated alkanes) is 40. The van der Waals surface area contributed by atoms with E-state index in [0.29, 0.717) is 19.3 Å². The summed E-state index contributed by atoms with van der Waals surface area (Å²) < 4.78 is 17.0. The van der Waals surface area contributed by atoms with Crippen molar-refractivity contribution >= 4 is 17.9 Å². The zero-order valence-corrected chi connectivity index (χ0v) is 54.5. The van der Waals surface area contributed by atoms with E-state index in [9.17, 15) is 14.4 Å². The lowest BCUT2D eigenvalue weighted by Crippen LogP contribution is -2.30. The molecule has 0 fully saturated rings. The highest BCUT2D eigenvalue weighted by atomic mass is 16.6. The molecule has 0 rings (SSSR count). The second-order valence-electron chi connectivity index (χ2n) is 23.8. The van der Waals surface area contributed by atoms with Crippen LogP contribution >= 0.6 is 0 Å². The van der Waals surface area contributed by atoms with Crippen molar-refractivity contribution < 1.29 is 28.6 Å². The molecule has 6 heteroatoms. The first-order valence-corrected chi connectivity index (χ1v) is 35.6. The molecule has 0 radical (unpaired) electrons. The average molecular weight is 1140 g/mol.